The highest BCUT2D eigenvalue weighted by Crippen LogP contribution is 2.33. The minimum Gasteiger partial charge on any atom is -0.502 e. The number of carbonyl (C=O) groups excluding carboxylic acids is 2. The van der Waals surface area contributed by atoms with Crippen LogP contribution in [-0.4, -0.2) is 34.9 Å². The molecule has 0 spiro atoms. The van der Waals surface area contributed by atoms with E-state index in [0.29, 0.717) is 22.6 Å². The number of hydrazone groups is 1. The first-order chi connectivity index (χ1) is 16.9. The molecule has 3 aromatic rings. The lowest BCUT2D eigenvalue weighted by Crippen LogP contribution is -2.32. The normalized spacial score (nSPS) is 12.4. The third-order valence-electron chi connectivity index (χ3n) is 4.81. The highest BCUT2D eigenvalue weighted by Gasteiger charge is 2.17. The topological polar surface area (TPSA) is 152 Å². The zero-order valence-corrected chi connectivity index (χ0v) is 18.0. The van der Waals surface area contributed by atoms with Crippen molar-refractivity contribution in [2.45, 2.75) is 0 Å². The standard InChI is InChI=1S/C24H18N4O7/c29-20-8-6-16(11-19(20)28(32)33)13-25-27-24(31)18(26-23(30)17-4-2-1-3-5-17)10-15-7-9-21-22(12-15)35-14-34-21/h1-13,29H,14H2,(H,26,30)(H,27,31). The Labute approximate surface area is 198 Å². The number of hydrogen-bond acceptors (Lipinski definition) is 8. The van der Waals surface area contributed by atoms with Crippen LogP contribution in [0.4, 0.5) is 5.69 Å². The number of nitro groups is 1. The largest absolute Gasteiger partial charge is 0.502 e. The van der Waals surface area contributed by atoms with E-state index in [1.807, 2.05) is 0 Å². The molecule has 11 heteroatoms. The fourth-order valence-electron chi connectivity index (χ4n) is 3.10. The second-order valence-corrected chi connectivity index (χ2v) is 7.20. The number of carbonyl (C=O) groups is 2. The molecule has 4 rings (SSSR count). The summed E-state index contributed by atoms with van der Waals surface area (Å²) in [6, 6.07) is 17.0. The average molecular weight is 474 g/mol. The Hall–Kier alpha value is -5.19. The Bertz CT molecular complexity index is 1350. The van der Waals surface area contributed by atoms with Crippen LogP contribution in [0.15, 0.2) is 77.5 Å². The van der Waals surface area contributed by atoms with Crippen LogP contribution in [0, 0.1) is 10.1 Å². The third-order valence-corrected chi connectivity index (χ3v) is 4.81. The summed E-state index contributed by atoms with van der Waals surface area (Å²) in [5, 5.41) is 26.9. The van der Waals surface area contributed by atoms with Crippen LogP contribution in [0.5, 0.6) is 17.2 Å². The van der Waals surface area contributed by atoms with E-state index in [9.17, 15) is 24.8 Å². The highest BCUT2D eigenvalue weighted by molar-refractivity contribution is 6.05. The summed E-state index contributed by atoms with van der Waals surface area (Å²) in [4.78, 5) is 35.8. The number of nitrogens with zero attached hydrogens (tertiary/aromatic N) is 2. The lowest BCUT2D eigenvalue weighted by molar-refractivity contribution is -0.385. The van der Waals surface area contributed by atoms with Gasteiger partial charge in [-0.25, -0.2) is 5.43 Å². The van der Waals surface area contributed by atoms with Gasteiger partial charge in [0.05, 0.1) is 11.1 Å². The lowest BCUT2D eigenvalue weighted by Gasteiger charge is -2.09. The van der Waals surface area contributed by atoms with Crippen molar-refractivity contribution in [2.75, 3.05) is 6.79 Å². The van der Waals surface area contributed by atoms with Crippen molar-refractivity contribution < 1.29 is 29.1 Å². The van der Waals surface area contributed by atoms with Crippen molar-refractivity contribution in [2.24, 2.45) is 5.10 Å². The number of hydrogen-bond donors (Lipinski definition) is 3. The number of ether oxygens (including phenoxy) is 2. The second-order valence-electron chi connectivity index (χ2n) is 7.20. The summed E-state index contributed by atoms with van der Waals surface area (Å²) in [6.07, 6.45) is 2.61. The third kappa shape index (κ3) is 5.60. The number of amides is 2. The van der Waals surface area contributed by atoms with Crippen molar-refractivity contribution in [1.29, 1.82) is 0 Å². The van der Waals surface area contributed by atoms with Crippen molar-refractivity contribution in [3.05, 3.63) is 99.2 Å². The molecule has 0 aromatic heterocycles. The average Bonchev–Trinajstić information content (AvgIpc) is 3.33. The number of phenols is 1. The van der Waals surface area contributed by atoms with Crippen LogP contribution in [0.2, 0.25) is 0 Å². The smallest absolute Gasteiger partial charge is 0.311 e. The van der Waals surface area contributed by atoms with E-state index >= 15 is 0 Å². The lowest BCUT2D eigenvalue weighted by atomic mass is 10.1. The van der Waals surface area contributed by atoms with E-state index < -0.39 is 28.2 Å². The van der Waals surface area contributed by atoms with Gasteiger partial charge in [-0.1, -0.05) is 24.3 Å². The number of benzene rings is 3. The zero-order valence-electron chi connectivity index (χ0n) is 18.0. The SMILES string of the molecule is O=C(NN=Cc1ccc(O)c([N+](=O)[O-])c1)C(=Cc1ccc2c(c1)OCO2)NC(=O)c1ccccc1. The van der Waals surface area contributed by atoms with Crippen LogP contribution in [0.1, 0.15) is 21.5 Å². The summed E-state index contributed by atoms with van der Waals surface area (Å²) in [7, 11) is 0. The van der Waals surface area contributed by atoms with Gasteiger partial charge in [0.15, 0.2) is 17.2 Å². The molecular formula is C24H18N4O7. The Balaban J connectivity index is 1.56. The molecule has 2 amide bonds. The van der Waals surface area contributed by atoms with Gasteiger partial charge in [0.1, 0.15) is 5.70 Å². The molecule has 35 heavy (non-hydrogen) atoms. The zero-order chi connectivity index (χ0) is 24.8. The van der Waals surface area contributed by atoms with Gasteiger partial charge in [-0.15, -0.1) is 0 Å². The van der Waals surface area contributed by atoms with Crippen molar-refractivity contribution >= 4 is 29.8 Å². The Morgan fingerprint density at radius 1 is 1.00 bits per heavy atom. The summed E-state index contributed by atoms with van der Waals surface area (Å²) in [6.45, 7) is 0.0880. The fourth-order valence-corrected chi connectivity index (χ4v) is 3.10. The van der Waals surface area contributed by atoms with Crippen molar-refractivity contribution in [3.8, 4) is 17.2 Å². The van der Waals surface area contributed by atoms with E-state index in [0.717, 1.165) is 12.1 Å². The molecule has 1 aliphatic rings. The quantitative estimate of drug-likeness (QED) is 0.206. The molecule has 0 saturated carbocycles. The maximum atomic E-state index is 12.9. The first-order valence-electron chi connectivity index (χ1n) is 10.2. The number of nitro benzene ring substituents is 1. The molecule has 0 unspecified atom stereocenters. The second kappa shape index (κ2) is 10.2. The van der Waals surface area contributed by atoms with E-state index in [2.05, 4.69) is 15.8 Å². The fraction of sp³-hybridized carbons (Fsp3) is 0.0417. The number of fused-ring (bicyclic) bond motifs is 1. The molecule has 0 fully saturated rings. The summed E-state index contributed by atoms with van der Waals surface area (Å²) in [5.41, 5.74) is 2.85. The molecule has 1 aliphatic heterocycles. The van der Waals surface area contributed by atoms with Crippen LogP contribution >= 0.6 is 0 Å². The Morgan fingerprint density at radius 3 is 2.51 bits per heavy atom. The molecule has 11 nitrogen and oxygen atoms in total. The number of rotatable bonds is 7. The van der Waals surface area contributed by atoms with Gasteiger partial charge in [0.2, 0.25) is 6.79 Å². The minimum absolute atomic E-state index is 0.0880. The predicted molar refractivity (Wildman–Crippen MR) is 125 cm³/mol. The van der Waals surface area contributed by atoms with Gasteiger partial charge >= 0.3 is 5.69 Å². The number of aromatic hydroxyl groups is 1. The Morgan fingerprint density at radius 2 is 1.74 bits per heavy atom. The minimum atomic E-state index is -0.740. The molecule has 0 aliphatic carbocycles. The van der Waals surface area contributed by atoms with Crippen molar-refractivity contribution in [1.82, 2.24) is 10.7 Å². The van der Waals surface area contributed by atoms with Gasteiger partial charge < -0.3 is 19.9 Å². The molecule has 0 saturated heterocycles. The van der Waals surface area contributed by atoms with E-state index in [4.69, 9.17) is 9.47 Å². The van der Waals surface area contributed by atoms with E-state index in [1.54, 1.807) is 48.5 Å². The number of phenolic OH excluding ortho intramolecular Hbond substituents is 1. The summed E-state index contributed by atoms with van der Waals surface area (Å²) in [5.74, 6) is -0.676. The summed E-state index contributed by atoms with van der Waals surface area (Å²) >= 11 is 0. The maximum Gasteiger partial charge on any atom is 0.311 e. The van der Waals surface area contributed by atoms with Gasteiger partial charge in [-0.05, 0) is 48.0 Å². The highest BCUT2D eigenvalue weighted by atomic mass is 16.7. The van der Waals surface area contributed by atoms with Crippen LogP contribution in [-0.2, 0) is 4.79 Å². The molecule has 1 heterocycles. The first-order valence-corrected chi connectivity index (χ1v) is 10.2. The van der Waals surface area contributed by atoms with Gasteiger partial charge in [-0.2, -0.15) is 5.10 Å². The van der Waals surface area contributed by atoms with E-state index in [1.165, 1.54) is 18.4 Å². The summed E-state index contributed by atoms with van der Waals surface area (Å²) < 4.78 is 10.6. The Kier molecular flexibility index (Phi) is 6.68. The maximum absolute atomic E-state index is 12.9. The first kappa shape index (κ1) is 23.0. The molecule has 0 bridgehead atoms. The van der Waals surface area contributed by atoms with Crippen LogP contribution < -0.4 is 20.2 Å². The van der Waals surface area contributed by atoms with Crippen LogP contribution in [0.3, 0.4) is 0 Å². The predicted octanol–water partition coefficient (Wildman–Crippen LogP) is 2.95. The molecule has 0 atom stereocenters. The van der Waals surface area contributed by atoms with Crippen molar-refractivity contribution in [3.63, 3.8) is 0 Å². The van der Waals surface area contributed by atoms with Gasteiger partial charge in [0, 0.05) is 17.2 Å². The molecule has 3 N–H and O–H groups in total. The van der Waals surface area contributed by atoms with Crippen LogP contribution in [0.25, 0.3) is 6.08 Å². The van der Waals surface area contributed by atoms with Gasteiger partial charge in [-0.3, -0.25) is 19.7 Å². The molecular weight excluding hydrogens is 456 g/mol. The monoisotopic (exact) mass is 474 g/mol. The van der Waals surface area contributed by atoms with Gasteiger partial charge in [0.25, 0.3) is 11.8 Å². The molecule has 0 radical (unpaired) electrons. The molecule has 3 aromatic carbocycles. The van der Waals surface area contributed by atoms with E-state index in [-0.39, 0.29) is 18.1 Å². The molecule has 176 valence electrons. The number of nitrogens with one attached hydrogen (secondary N) is 2.